The SMILES string of the molecule is CC1CCC(CCN)O1. The van der Waals surface area contributed by atoms with Crippen molar-refractivity contribution in [3.05, 3.63) is 0 Å². The predicted octanol–water partition coefficient (Wildman–Crippen LogP) is 0.903. The van der Waals surface area contributed by atoms with E-state index in [0.717, 1.165) is 13.0 Å². The maximum atomic E-state index is 5.52. The van der Waals surface area contributed by atoms with Crippen LogP contribution in [0.2, 0.25) is 0 Å². The summed E-state index contributed by atoms with van der Waals surface area (Å²) in [7, 11) is 0. The molecule has 2 heteroatoms. The van der Waals surface area contributed by atoms with Crippen LogP contribution in [0.3, 0.4) is 0 Å². The van der Waals surface area contributed by atoms with Crippen molar-refractivity contribution in [3.8, 4) is 0 Å². The maximum absolute atomic E-state index is 5.52. The van der Waals surface area contributed by atoms with Crippen molar-refractivity contribution in [2.75, 3.05) is 6.54 Å². The van der Waals surface area contributed by atoms with Gasteiger partial charge in [0, 0.05) is 0 Å². The summed E-state index contributed by atoms with van der Waals surface area (Å²) < 4.78 is 5.52. The molecule has 0 bridgehead atoms. The largest absolute Gasteiger partial charge is 0.375 e. The minimum Gasteiger partial charge on any atom is -0.375 e. The summed E-state index contributed by atoms with van der Waals surface area (Å²) >= 11 is 0. The van der Waals surface area contributed by atoms with Crippen LogP contribution in [0.4, 0.5) is 0 Å². The quantitative estimate of drug-likeness (QED) is 0.601. The number of rotatable bonds is 2. The van der Waals surface area contributed by atoms with Gasteiger partial charge in [-0.25, -0.2) is 0 Å². The zero-order valence-electron chi connectivity index (χ0n) is 5.97. The van der Waals surface area contributed by atoms with Gasteiger partial charge in [0.15, 0.2) is 0 Å². The molecule has 1 fully saturated rings. The summed E-state index contributed by atoms with van der Waals surface area (Å²) in [5.74, 6) is 0. The first-order valence-corrected chi connectivity index (χ1v) is 3.68. The molecule has 0 aromatic rings. The lowest BCUT2D eigenvalue weighted by molar-refractivity contribution is 0.0525. The molecule has 1 heterocycles. The zero-order chi connectivity index (χ0) is 6.69. The highest BCUT2D eigenvalue weighted by molar-refractivity contribution is 4.70. The molecule has 1 rings (SSSR count). The van der Waals surface area contributed by atoms with E-state index >= 15 is 0 Å². The van der Waals surface area contributed by atoms with E-state index in [2.05, 4.69) is 6.92 Å². The van der Waals surface area contributed by atoms with Gasteiger partial charge in [-0.15, -0.1) is 0 Å². The first-order valence-electron chi connectivity index (χ1n) is 3.68. The van der Waals surface area contributed by atoms with Crippen molar-refractivity contribution in [3.63, 3.8) is 0 Å². The highest BCUT2D eigenvalue weighted by Gasteiger charge is 2.20. The summed E-state index contributed by atoms with van der Waals surface area (Å²) in [5.41, 5.74) is 5.37. The van der Waals surface area contributed by atoms with Crippen molar-refractivity contribution >= 4 is 0 Å². The van der Waals surface area contributed by atoms with Gasteiger partial charge in [0.05, 0.1) is 12.2 Å². The number of hydrogen-bond acceptors (Lipinski definition) is 2. The topological polar surface area (TPSA) is 35.2 Å². The van der Waals surface area contributed by atoms with Gasteiger partial charge in [-0.3, -0.25) is 0 Å². The fourth-order valence-corrected chi connectivity index (χ4v) is 1.28. The first-order chi connectivity index (χ1) is 4.33. The van der Waals surface area contributed by atoms with Crippen molar-refractivity contribution < 1.29 is 4.74 Å². The van der Waals surface area contributed by atoms with E-state index in [-0.39, 0.29) is 0 Å². The van der Waals surface area contributed by atoms with Crippen molar-refractivity contribution in [1.29, 1.82) is 0 Å². The second kappa shape index (κ2) is 3.18. The van der Waals surface area contributed by atoms with Gasteiger partial charge in [-0.2, -0.15) is 0 Å². The van der Waals surface area contributed by atoms with Crippen LogP contribution in [0, 0.1) is 0 Å². The smallest absolute Gasteiger partial charge is 0.0591 e. The fraction of sp³-hybridized carbons (Fsp3) is 1.00. The Kier molecular flexibility index (Phi) is 2.49. The van der Waals surface area contributed by atoms with Crippen molar-refractivity contribution in [1.82, 2.24) is 0 Å². The molecule has 54 valence electrons. The highest BCUT2D eigenvalue weighted by Crippen LogP contribution is 2.20. The minimum atomic E-state index is 0.463. The van der Waals surface area contributed by atoms with Gasteiger partial charge in [0.2, 0.25) is 0 Å². The van der Waals surface area contributed by atoms with E-state index < -0.39 is 0 Å². The molecule has 0 radical (unpaired) electrons. The molecule has 2 unspecified atom stereocenters. The van der Waals surface area contributed by atoms with Crippen LogP contribution in [0.15, 0.2) is 0 Å². The second-order valence-electron chi connectivity index (χ2n) is 2.72. The fourth-order valence-electron chi connectivity index (χ4n) is 1.28. The van der Waals surface area contributed by atoms with Crippen molar-refractivity contribution in [2.45, 2.75) is 38.4 Å². The Morgan fingerprint density at radius 2 is 2.33 bits per heavy atom. The highest BCUT2D eigenvalue weighted by atomic mass is 16.5. The van der Waals surface area contributed by atoms with Gasteiger partial charge in [0.25, 0.3) is 0 Å². The zero-order valence-corrected chi connectivity index (χ0v) is 5.97. The Morgan fingerprint density at radius 3 is 2.78 bits per heavy atom. The third-order valence-electron chi connectivity index (χ3n) is 1.81. The van der Waals surface area contributed by atoms with E-state index in [4.69, 9.17) is 10.5 Å². The van der Waals surface area contributed by atoms with Gasteiger partial charge >= 0.3 is 0 Å². The van der Waals surface area contributed by atoms with E-state index in [0.29, 0.717) is 12.2 Å². The van der Waals surface area contributed by atoms with Crippen molar-refractivity contribution in [2.24, 2.45) is 5.73 Å². The van der Waals surface area contributed by atoms with Crippen LogP contribution in [0.5, 0.6) is 0 Å². The normalized spacial score (nSPS) is 35.3. The average molecular weight is 129 g/mol. The van der Waals surface area contributed by atoms with Crippen LogP contribution in [-0.2, 0) is 4.74 Å². The third kappa shape index (κ3) is 1.95. The molecule has 1 aliphatic heterocycles. The molecule has 2 nitrogen and oxygen atoms in total. The van der Waals surface area contributed by atoms with Gasteiger partial charge < -0.3 is 10.5 Å². The number of hydrogen-bond donors (Lipinski definition) is 1. The molecular formula is C7H15NO. The molecule has 0 saturated carbocycles. The summed E-state index contributed by atoms with van der Waals surface area (Å²) in [6.45, 7) is 2.88. The van der Waals surface area contributed by atoms with Gasteiger partial charge in [0.1, 0.15) is 0 Å². The minimum absolute atomic E-state index is 0.463. The molecule has 0 spiro atoms. The lowest BCUT2D eigenvalue weighted by atomic mass is 10.1. The van der Waals surface area contributed by atoms with Crippen LogP contribution in [0.25, 0.3) is 0 Å². The monoisotopic (exact) mass is 129 g/mol. The molecule has 0 aliphatic carbocycles. The summed E-state index contributed by atoms with van der Waals surface area (Å²) in [6, 6.07) is 0. The van der Waals surface area contributed by atoms with E-state index in [1.165, 1.54) is 12.8 Å². The maximum Gasteiger partial charge on any atom is 0.0591 e. The molecule has 0 aromatic carbocycles. The van der Waals surface area contributed by atoms with Crippen LogP contribution in [0.1, 0.15) is 26.2 Å². The molecule has 2 atom stereocenters. The molecular weight excluding hydrogens is 114 g/mol. The Hall–Kier alpha value is -0.0800. The van der Waals surface area contributed by atoms with Crippen LogP contribution in [-0.4, -0.2) is 18.8 Å². The van der Waals surface area contributed by atoms with Gasteiger partial charge in [-0.1, -0.05) is 0 Å². The molecule has 9 heavy (non-hydrogen) atoms. The number of nitrogens with two attached hydrogens (primary N) is 1. The van der Waals surface area contributed by atoms with Crippen LogP contribution >= 0.6 is 0 Å². The Bertz CT molecular complexity index is 83.0. The molecule has 1 aliphatic rings. The standard InChI is InChI=1S/C7H15NO/c1-6-2-3-7(9-6)4-5-8/h6-7H,2-5,8H2,1H3. The summed E-state index contributed by atoms with van der Waals surface area (Å²) in [5, 5.41) is 0. The van der Waals surface area contributed by atoms with Gasteiger partial charge in [-0.05, 0) is 32.7 Å². The third-order valence-corrected chi connectivity index (χ3v) is 1.81. The summed E-state index contributed by atoms with van der Waals surface area (Å²) in [4.78, 5) is 0. The average Bonchev–Trinajstić information content (AvgIpc) is 2.17. The van der Waals surface area contributed by atoms with E-state index in [1.807, 2.05) is 0 Å². The first kappa shape index (κ1) is 7.03. The molecule has 2 N–H and O–H groups in total. The molecule has 0 aromatic heterocycles. The lowest BCUT2D eigenvalue weighted by Crippen LogP contribution is -2.13. The molecule has 1 saturated heterocycles. The number of ether oxygens (including phenoxy) is 1. The Labute approximate surface area is 56.4 Å². The second-order valence-corrected chi connectivity index (χ2v) is 2.72. The lowest BCUT2D eigenvalue weighted by Gasteiger charge is -2.07. The Morgan fingerprint density at radius 1 is 1.56 bits per heavy atom. The van der Waals surface area contributed by atoms with E-state index in [9.17, 15) is 0 Å². The Balaban J connectivity index is 2.14. The van der Waals surface area contributed by atoms with Crippen LogP contribution < -0.4 is 5.73 Å². The molecule has 0 amide bonds. The predicted molar refractivity (Wildman–Crippen MR) is 37.2 cm³/mol. The summed E-state index contributed by atoms with van der Waals surface area (Å²) in [6.07, 6.45) is 4.39. The van der Waals surface area contributed by atoms with E-state index in [1.54, 1.807) is 0 Å².